The number of aromatic nitrogens is 1. The Kier molecular flexibility index (Phi) is 5.51. The normalized spacial score (nSPS) is 11.7. The van der Waals surface area contributed by atoms with Crippen LogP contribution in [-0.4, -0.2) is 26.5 Å². The summed E-state index contributed by atoms with van der Waals surface area (Å²) >= 11 is 3.14. The number of halogens is 1. The molecule has 1 aromatic carbocycles. The summed E-state index contributed by atoms with van der Waals surface area (Å²) in [6.45, 7) is 1.74. The SMILES string of the molecule is COc1ccc(/C=C/c2cc(C)c(Br)c(=O)n2OS(C)(=O)=O)cc1. The second-order valence-electron chi connectivity index (χ2n) is 5.05. The van der Waals surface area contributed by atoms with Crippen LogP contribution in [0.1, 0.15) is 16.8 Å². The summed E-state index contributed by atoms with van der Waals surface area (Å²) in [5, 5.41) is 0. The third-order valence-electron chi connectivity index (χ3n) is 3.09. The number of hydrogen-bond donors (Lipinski definition) is 0. The fraction of sp³-hybridized carbons (Fsp3) is 0.188. The molecule has 0 aliphatic rings. The summed E-state index contributed by atoms with van der Waals surface area (Å²) in [6, 6.07) is 8.91. The van der Waals surface area contributed by atoms with Crippen LogP contribution < -0.4 is 14.6 Å². The van der Waals surface area contributed by atoms with Gasteiger partial charge in [-0.2, -0.15) is 8.42 Å². The molecule has 0 unspecified atom stereocenters. The van der Waals surface area contributed by atoms with Crippen LogP contribution in [0.15, 0.2) is 39.6 Å². The van der Waals surface area contributed by atoms with Gasteiger partial charge < -0.3 is 4.74 Å². The molecule has 1 heterocycles. The van der Waals surface area contributed by atoms with Gasteiger partial charge in [-0.05, 0) is 58.3 Å². The third-order valence-corrected chi connectivity index (χ3v) is 4.47. The lowest BCUT2D eigenvalue weighted by Gasteiger charge is -2.11. The molecule has 0 aliphatic carbocycles. The first-order valence-electron chi connectivity index (χ1n) is 6.85. The Bertz CT molecular complexity index is 930. The van der Waals surface area contributed by atoms with E-state index in [2.05, 4.69) is 15.9 Å². The van der Waals surface area contributed by atoms with Gasteiger partial charge in [0, 0.05) is 0 Å². The molecule has 24 heavy (non-hydrogen) atoms. The molecule has 128 valence electrons. The molecule has 2 aromatic rings. The van der Waals surface area contributed by atoms with Crippen molar-refractivity contribution in [2.24, 2.45) is 0 Å². The largest absolute Gasteiger partial charge is 0.497 e. The van der Waals surface area contributed by atoms with Crippen molar-refractivity contribution in [2.45, 2.75) is 6.92 Å². The van der Waals surface area contributed by atoms with Crippen molar-refractivity contribution in [3.63, 3.8) is 0 Å². The van der Waals surface area contributed by atoms with Gasteiger partial charge in [-0.25, -0.2) is 0 Å². The van der Waals surface area contributed by atoms with E-state index in [-0.39, 0.29) is 4.47 Å². The van der Waals surface area contributed by atoms with Gasteiger partial charge in [0.2, 0.25) is 0 Å². The number of benzene rings is 1. The van der Waals surface area contributed by atoms with Gasteiger partial charge in [-0.1, -0.05) is 18.2 Å². The minimum Gasteiger partial charge on any atom is -0.497 e. The number of ether oxygens (including phenoxy) is 1. The summed E-state index contributed by atoms with van der Waals surface area (Å²) in [4.78, 5) is 12.3. The second kappa shape index (κ2) is 7.23. The molecule has 0 radical (unpaired) electrons. The summed E-state index contributed by atoms with van der Waals surface area (Å²) in [6.07, 6.45) is 4.22. The van der Waals surface area contributed by atoms with Gasteiger partial charge in [0.1, 0.15) is 5.75 Å². The van der Waals surface area contributed by atoms with E-state index < -0.39 is 15.7 Å². The molecule has 0 bridgehead atoms. The molecule has 0 N–H and O–H groups in total. The molecule has 0 saturated heterocycles. The van der Waals surface area contributed by atoms with Gasteiger partial charge in [0.05, 0.1) is 23.5 Å². The van der Waals surface area contributed by atoms with Crippen LogP contribution >= 0.6 is 15.9 Å². The lowest BCUT2D eigenvalue weighted by molar-refractivity contribution is 0.266. The van der Waals surface area contributed by atoms with E-state index in [1.165, 1.54) is 0 Å². The molecule has 0 aliphatic heterocycles. The van der Waals surface area contributed by atoms with Crippen molar-refractivity contribution in [1.82, 2.24) is 4.73 Å². The quantitative estimate of drug-likeness (QED) is 0.752. The Hall–Kier alpha value is -2.06. The standard InChI is InChI=1S/C16H16BrNO5S/c1-11-10-13(7-4-12-5-8-14(22-2)9-6-12)18(16(19)15(11)17)23-24(3,20)21/h4-10H,1-3H3/b7-4+. The number of hydrogen-bond acceptors (Lipinski definition) is 5. The predicted molar refractivity (Wildman–Crippen MR) is 96.5 cm³/mol. The number of aryl methyl sites for hydroxylation is 1. The maximum Gasteiger partial charge on any atom is 0.324 e. The van der Waals surface area contributed by atoms with E-state index in [1.807, 2.05) is 12.1 Å². The highest BCUT2D eigenvalue weighted by molar-refractivity contribution is 9.10. The molecular formula is C16H16BrNO5S. The Morgan fingerprint density at radius 1 is 1.17 bits per heavy atom. The van der Waals surface area contributed by atoms with Crippen molar-refractivity contribution in [3.8, 4) is 5.75 Å². The van der Waals surface area contributed by atoms with E-state index >= 15 is 0 Å². The highest BCUT2D eigenvalue weighted by Gasteiger charge is 2.14. The van der Waals surface area contributed by atoms with E-state index in [0.29, 0.717) is 11.3 Å². The topological polar surface area (TPSA) is 74.6 Å². The van der Waals surface area contributed by atoms with Crippen molar-refractivity contribution in [1.29, 1.82) is 0 Å². The number of methoxy groups -OCH3 is 1. The van der Waals surface area contributed by atoms with Gasteiger partial charge in [0.25, 0.3) is 5.56 Å². The van der Waals surface area contributed by atoms with Crippen LogP contribution in [0.25, 0.3) is 12.2 Å². The lowest BCUT2D eigenvalue weighted by atomic mass is 10.1. The van der Waals surface area contributed by atoms with E-state index in [9.17, 15) is 13.2 Å². The Balaban J connectivity index is 2.48. The summed E-state index contributed by atoms with van der Waals surface area (Å²) in [5.41, 5.74) is 1.24. The maximum atomic E-state index is 12.3. The van der Waals surface area contributed by atoms with Crippen LogP contribution in [0, 0.1) is 6.92 Å². The average molecular weight is 414 g/mol. The minimum atomic E-state index is -3.85. The van der Waals surface area contributed by atoms with Gasteiger partial charge in [-0.3, -0.25) is 9.08 Å². The maximum absolute atomic E-state index is 12.3. The fourth-order valence-corrected chi connectivity index (χ4v) is 2.64. The smallest absolute Gasteiger partial charge is 0.324 e. The molecule has 0 spiro atoms. The van der Waals surface area contributed by atoms with Gasteiger partial charge in [-0.15, -0.1) is 4.73 Å². The van der Waals surface area contributed by atoms with Crippen LogP contribution in [0.2, 0.25) is 0 Å². The average Bonchev–Trinajstić information content (AvgIpc) is 2.53. The molecule has 1 aromatic heterocycles. The van der Waals surface area contributed by atoms with Gasteiger partial charge >= 0.3 is 10.1 Å². The number of rotatable bonds is 5. The van der Waals surface area contributed by atoms with Crippen LogP contribution in [0.4, 0.5) is 0 Å². The molecule has 8 heteroatoms. The second-order valence-corrected chi connectivity index (χ2v) is 7.40. The van der Waals surface area contributed by atoms with E-state index in [1.54, 1.807) is 44.4 Å². The molecular weight excluding hydrogens is 398 g/mol. The number of nitrogens with zero attached hydrogens (tertiary/aromatic N) is 1. The van der Waals surface area contributed by atoms with E-state index in [4.69, 9.17) is 9.02 Å². The first-order chi connectivity index (χ1) is 11.2. The lowest BCUT2D eigenvalue weighted by Crippen LogP contribution is -2.32. The summed E-state index contributed by atoms with van der Waals surface area (Å²) < 4.78 is 33.7. The van der Waals surface area contributed by atoms with Crippen molar-refractivity contribution in [2.75, 3.05) is 13.4 Å². The summed E-state index contributed by atoms with van der Waals surface area (Å²) in [7, 11) is -2.27. The summed E-state index contributed by atoms with van der Waals surface area (Å²) in [5.74, 6) is 0.726. The molecule has 6 nitrogen and oxygen atoms in total. The van der Waals surface area contributed by atoms with E-state index in [0.717, 1.165) is 22.3 Å². The van der Waals surface area contributed by atoms with Crippen LogP contribution in [0.5, 0.6) is 5.75 Å². The molecule has 0 fully saturated rings. The Labute approximate surface area is 148 Å². The zero-order chi connectivity index (χ0) is 17.9. The first kappa shape index (κ1) is 18.3. The monoisotopic (exact) mass is 413 g/mol. The molecule has 0 saturated carbocycles. The molecule has 2 rings (SSSR count). The van der Waals surface area contributed by atoms with Crippen LogP contribution in [0.3, 0.4) is 0 Å². The van der Waals surface area contributed by atoms with Crippen LogP contribution in [-0.2, 0) is 10.1 Å². The Morgan fingerprint density at radius 2 is 1.79 bits per heavy atom. The molecule has 0 atom stereocenters. The zero-order valence-corrected chi connectivity index (χ0v) is 15.7. The van der Waals surface area contributed by atoms with Crippen molar-refractivity contribution >= 4 is 38.2 Å². The minimum absolute atomic E-state index is 0.243. The predicted octanol–water partition coefficient (Wildman–Crippen LogP) is 2.49. The highest BCUT2D eigenvalue weighted by atomic mass is 79.9. The third kappa shape index (κ3) is 4.48. The van der Waals surface area contributed by atoms with Crippen molar-refractivity contribution < 1.29 is 17.4 Å². The fourth-order valence-electron chi connectivity index (χ4n) is 1.94. The molecule has 0 amide bonds. The highest BCUT2D eigenvalue weighted by Crippen LogP contribution is 2.16. The number of pyridine rings is 1. The zero-order valence-electron chi connectivity index (χ0n) is 13.3. The first-order valence-corrected chi connectivity index (χ1v) is 9.46. The van der Waals surface area contributed by atoms with Gasteiger partial charge in [0.15, 0.2) is 0 Å². The van der Waals surface area contributed by atoms with Crippen molar-refractivity contribution in [3.05, 3.63) is 62.0 Å². The Morgan fingerprint density at radius 3 is 2.33 bits per heavy atom.